The van der Waals surface area contributed by atoms with Gasteiger partial charge in [-0.3, -0.25) is 4.79 Å². The fourth-order valence-corrected chi connectivity index (χ4v) is 3.48. The van der Waals surface area contributed by atoms with Gasteiger partial charge in [-0.05, 0) is 37.0 Å². The maximum Gasteiger partial charge on any atom is 0.166 e. The third kappa shape index (κ3) is 2.25. The molecular weight excluding hydrogens is 310 g/mol. The first kappa shape index (κ1) is 14.4. The van der Waals surface area contributed by atoms with Gasteiger partial charge in [-0.15, -0.1) is 0 Å². The normalized spacial score (nSPS) is 17.5. The minimum Gasteiger partial charge on any atom is -0.294 e. The maximum absolute atomic E-state index is 12.2. The second-order valence-corrected chi connectivity index (χ2v) is 6.69. The van der Waals surface area contributed by atoms with Crippen LogP contribution in [0.25, 0.3) is 16.8 Å². The maximum atomic E-state index is 12.2. The Morgan fingerprint density at radius 1 is 1.22 bits per heavy atom. The molecule has 0 unspecified atom stereocenters. The summed E-state index contributed by atoms with van der Waals surface area (Å²) >= 11 is 5.98. The second-order valence-electron chi connectivity index (χ2n) is 6.26. The molecule has 0 N–H and O–H groups in total. The molecule has 1 aromatic carbocycles. The number of hydrogen-bond acceptors (Lipinski definition) is 3. The van der Waals surface area contributed by atoms with E-state index in [1.165, 1.54) is 0 Å². The van der Waals surface area contributed by atoms with Crippen molar-refractivity contribution in [1.82, 2.24) is 14.6 Å². The Morgan fingerprint density at radius 3 is 2.70 bits per heavy atom. The molecule has 0 saturated heterocycles. The second kappa shape index (κ2) is 5.17. The molecule has 2 heterocycles. The third-order valence-electron chi connectivity index (χ3n) is 4.43. The van der Waals surface area contributed by atoms with Crippen molar-refractivity contribution in [2.45, 2.75) is 26.7 Å². The fraction of sp³-hybridized carbons (Fsp3) is 0.278. The zero-order valence-electron chi connectivity index (χ0n) is 13.0. The first-order valence-electron chi connectivity index (χ1n) is 7.71. The lowest BCUT2D eigenvalue weighted by molar-refractivity contribution is 0.0951. The number of carbonyl (C=O) groups excluding carboxylic acids is 1. The van der Waals surface area contributed by atoms with Crippen LogP contribution in [0.3, 0.4) is 0 Å². The van der Waals surface area contributed by atoms with Crippen LogP contribution < -0.4 is 0 Å². The van der Waals surface area contributed by atoms with E-state index in [-0.39, 0.29) is 5.78 Å². The van der Waals surface area contributed by atoms with Crippen LogP contribution in [0, 0.1) is 12.8 Å². The highest BCUT2D eigenvalue weighted by molar-refractivity contribution is 6.30. The van der Waals surface area contributed by atoms with Gasteiger partial charge in [0, 0.05) is 23.2 Å². The molecule has 0 bridgehead atoms. The molecule has 4 rings (SSSR count). The molecule has 4 nitrogen and oxygen atoms in total. The molecule has 0 amide bonds. The molecular formula is C18H16ClN3O. The third-order valence-corrected chi connectivity index (χ3v) is 4.68. The first-order valence-corrected chi connectivity index (χ1v) is 8.08. The van der Waals surface area contributed by atoms with Gasteiger partial charge in [0.1, 0.15) is 0 Å². The van der Waals surface area contributed by atoms with Crippen LogP contribution in [-0.4, -0.2) is 20.4 Å². The van der Waals surface area contributed by atoms with E-state index in [1.54, 1.807) is 6.20 Å². The highest BCUT2D eigenvalue weighted by Crippen LogP contribution is 2.32. The lowest BCUT2D eigenvalue weighted by Crippen LogP contribution is -2.21. The Balaban J connectivity index is 1.98. The molecule has 1 aliphatic carbocycles. The quantitative estimate of drug-likeness (QED) is 0.676. The molecule has 23 heavy (non-hydrogen) atoms. The molecule has 0 spiro atoms. The number of rotatable bonds is 1. The van der Waals surface area contributed by atoms with Gasteiger partial charge in [0.15, 0.2) is 11.4 Å². The van der Waals surface area contributed by atoms with E-state index < -0.39 is 0 Å². The lowest BCUT2D eigenvalue weighted by Gasteiger charge is -2.20. The summed E-state index contributed by atoms with van der Waals surface area (Å²) in [5.74, 6) is 0.499. The van der Waals surface area contributed by atoms with Crippen LogP contribution in [0.15, 0.2) is 30.5 Å². The smallest absolute Gasteiger partial charge is 0.166 e. The van der Waals surface area contributed by atoms with Gasteiger partial charge in [-0.2, -0.15) is 5.10 Å². The van der Waals surface area contributed by atoms with E-state index >= 15 is 0 Å². The molecule has 116 valence electrons. The van der Waals surface area contributed by atoms with E-state index in [9.17, 15) is 4.79 Å². The number of aromatic nitrogens is 3. The minimum absolute atomic E-state index is 0.161. The summed E-state index contributed by atoms with van der Waals surface area (Å²) in [5, 5.41) is 5.36. The van der Waals surface area contributed by atoms with Crippen LogP contribution in [-0.2, 0) is 6.42 Å². The predicted molar refractivity (Wildman–Crippen MR) is 90.0 cm³/mol. The van der Waals surface area contributed by atoms with Gasteiger partial charge in [-0.25, -0.2) is 9.50 Å². The predicted octanol–water partition coefficient (Wildman–Crippen LogP) is 4.12. The SMILES string of the molecule is Cc1nn2c3c(cnc2c1-c1ccc(Cl)cc1)C(=O)C[C@H](C)C3. The zero-order chi connectivity index (χ0) is 16.1. The number of halogens is 1. The van der Waals surface area contributed by atoms with Gasteiger partial charge in [0.05, 0.1) is 17.0 Å². The number of fused-ring (bicyclic) bond motifs is 3. The van der Waals surface area contributed by atoms with Crippen LogP contribution in [0.1, 0.15) is 35.1 Å². The molecule has 1 aliphatic rings. The molecule has 2 aromatic heterocycles. The summed E-state index contributed by atoms with van der Waals surface area (Å²) < 4.78 is 1.85. The molecule has 0 aliphatic heterocycles. The Morgan fingerprint density at radius 2 is 1.96 bits per heavy atom. The van der Waals surface area contributed by atoms with Gasteiger partial charge >= 0.3 is 0 Å². The Kier molecular flexibility index (Phi) is 3.23. The molecule has 1 atom stereocenters. The monoisotopic (exact) mass is 325 g/mol. The van der Waals surface area contributed by atoms with Gasteiger partial charge in [-0.1, -0.05) is 30.7 Å². The summed E-state index contributed by atoms with van der Waals surface area (Å²) in [6.45, 7) is 4.07. The average molecular weight is 326 g/mol. The van der Waals surface area contributed by atoms with Gasteiger partial charge in [0.25, 0.3) is 0 Å². The van der Waals surface area contributed by atoms with E-state index in [0.717, 1.165) is 34.6 Å². The number of benzene rings is 1. The van der Waals surface area contributed by atoms with Crippen molar-refractivity contribution in [2.75, 3.05) is 0 Å². The standard InChI is InChI=1S/C18H16ClN3O/c1-10-7-15-14(16(23)8-10)9-20-18-17(11(2)21-22(15)18)12-3-5-13(19)6-4-12/h3-6,9-10H,7-8H2,1-2H3/t10-/m1/s1. The Hall–Kier alpha value is -2.20. The van der Waals surface area contributed by atoms with Crippen molar-refractivity contribution >= 4 is 23.0 Å². The van der Waals surface area contributed by atoms with Crippen LogP contribution >= 0.6 is 11.6 Å². The van der Waals surface area contributed by atoms with Crippen molar-refractivity contribution in [3.8, 4) is 11.1 Å². The number of nitrogens with zero attached hydrogens (tertiary/aromatic N) is 3. The van der Waals surface area contributed by atoms with Crippen LogP contribution in [0.2, 0.25) is 5.02 Å². The summed E-state index contributed by atoms with van der Waals surface area (Å²) in [5.41, 5.74) is 5.41. The molecule has 0 saturated carbocycles. The highest BCUT2D eigenvalue weighted by Gasteiger charge is 2.27. The zero-order valence-corrected chi connectivity index (χ0v) is 13.8. The topological polar surface area (TPSA) is 47.3 Å². The highest BCUT2D eigenvalue weighted by atomic mass is 35.5. The van der Waals surface area contributed by atoms with Crippen molar-refractivity contribution in [2.24, 2.45) is 5.92 Å². The van der Waals surface area contributed by atoms with E-state index in [0.29, 0.717) is 22.9 Å². The van der Waals surface area contributed by atoms with Crippen molar-refractivity contribution < 1.29 is 4.79 Å². The number of aryl methyl sites for hydroxylation is 1. The average Bonchev–Trinajstić information content (AvgIpc) is 2.85. The number of ketones is 1. The van der Waals surface area contributed by atoms with Crippen molar-refractivity contribution in [1.29, 1.82) is 0 Å². The van der Waals surface area contributed by atoms with E-state index in [1.807, 2.05) is 35.7 Å². The lowest BCUT2D eigenvalue weighted by atomic mass is 9.88. The van der Waals surface area contributed by atoms with Crippen LogP contribution in [0.4, 0.5) is 0 Å². The van der Waals surface area contributed by atoms with Gasteiger partial charge < -0.3 is 0 Å². The minimum atomic E-state index is 0.161. The molecule has 5 heteroatoms. The largest absolute Gasteiger partial charge is 0.294 e. The van der Waals surface area contributed by atoms with Crippen molar-refractivity contribution in [3.05, 3.63) is 52.4 Å². The molecule has 0 radical (unpaired) electrons. The summed E-state index contributed by atoms with van der Waals surface area (Å²) in [7, 11) is 0. The summed E-state index contributed by atoms with van der Waals surface area (Å²) in [6.07, 6.45) is 3.14. The Bertz CT molecular complexity index is 928. The Labute approximate surface area is 139 Å². The number of hydrogen-bond donors (Lipinski definition) is 0. The van der Waals surface area contributed by atoms with E-state index in [2.05, 4.69) is 17.0 Å². The number of carbonyl (C=O) groups is 1. The molecule has 3 aromatic rings. The summed E-state index contributed by atoms with van der Waals surface area (Å²) in [4.78, 5) is 16.8. The van der Waals surface area contributed by atoms with Gasteiger partial charge in [0.2, 0.25) is 0 Å². The van der Waals surface area contributed by atoms with E-state index in [4.69, 9.17) is 11.6 Å². The summed E-state index contributed by atoms with van der Waals surface area (Å²) in [6, 6.07) is 7.68. The van der Waals surface area contributed by atoms with Crippen molar-refractivity contribution in [3.63, 3.8) is 0 Å². The molecule has 0 fully saturated rings. The van der Waals surface area contributed by atoms with Crippen LogP contribution in [0.5, 0.6) is 0 Å². The first-order chi connectivity index (χ1) is 11.0. The fourth-order valence-electron chi connectivity index (χ4n) is 3.35. The number of Topliss-reactive ketones (excluding diaryl/α,β-unsaturated/α-hetero) is 1.